The molecule has 11 heavy (non-hydrogen) atoms. The van der Waals surface area contributed by atoms with Gasteiger partial charge in [-0.25, -0.2) is 0 Å². The lowest BCUT2D eigenvalue weighted by Crippen LogP contribution is -2.27. The van der Waals surface area contributed by atoms with Crippen LogP contribution in [0.4, 0.5) is 0 Å². The highest BCUT2D eigenvalue weighted by Gasteiger charge is 2.22. The Balaban J connectivity index is 2.03. The van der Waals surface area contributed by atoms with Crippen molar-refractivity contribution in [3.05, 3.63) is 0 Å². The van der Waals surface area contributed by atoms with Gasteiger partial charge in [0.15, 0.2) is 0 Å². The van der Waals surface area contributed by atoms with Gasteiger partial charge in [0, 0.05) is 13.1 Å². The van der Waals surface area contributed by atoms with Gasteiger partial charge >= 0.3 is 0 Å². The van der Waals surface area contributed by atoms with Crippen LogP contribution in [0.15, 0.2) is 0 Å². The summed E-state index contributed by atoms with van der Waals surface area (Å²) in [5, 5.41) is 0. The molecule has 1 nitrogen and oxygen atoms in total. The number of hydrogen-bond donors (Lipinski definition) is 1. The summed E-state index contributed by atoms with van der Waals surface area (Å²) in [5.74, 6) is 2.77. The van der Waals surface area contributed by atoms with Crippen molar-refractivity contribution in [2.45, 2.75) is 19.8 Å². The number of hydrogen-bond acceptors (Lipinski definition) is 2. The fraction of sp³-hybridized carbons (Fsp3) is 1.00. The van der Waals surface area contributed by atoms with Crippen LogP contribution in [0.3, 0.4) is 0 Å². The number of nitrogens with zero attached hydrogens (tertiary/aromatic N) is 1. The molecule has 0 bridgehead atoms. The molecule has 0 radical (unpaired) electrons. The van der Waals surface area contributed by atoms with E-state index in [2.05, 4.69) is 31.5 Å². The van der Waals surface area contributed by atoms with E-state index in [1.165, 1.54) is 25.9 Å². The molecule has 0 saturated heterocycles. The maximum atomic E-state index is 4.27. The van der Waals surface area contributed by atoms with Crippen molar-refractivity contribution < 1.29 is 0 Å². The van der Waals surface area contributed by atoms with Crippen molar-refractivity contribution in [1.29, 1.82) is 0 Å². The van der Waals surface area contributed by atoms with E-state index in [1.807, 2.05) is 0 Å². The van der Waals surface area contributed by atoms with E-state index >= 15 is 0 Å². The molecular weight excluding hydrogens is 154 g/mol. The topological polar surface area (TPSA) is 3.24 Å². The van der Waals surface area contributed by atoms with Gasteiger partial charge in [-0.1, -0.05) is 6.92 Å². The van der Waals surface area contributed by atoms with Crippen LogP contribution in [0, 0.1) is 11.8 Å². The first kappa shape index (κ1) is 9.40. The van der Waals surface area contributed by atoms with Crippen molar-refractivity contribution in [2.24, 2.45) is 11.8 Å². The predicted molar refractivity (Wildman–Crippen MR) is 53.2 cm³/mol. The molecule has 1 atom stereocenters. The molecule has 1 aliphatic rings. The van der Waals surface area contributed by atoms with E-state index in [0.717, 1.165) is 17.6 Å². The third-order valence-electron chi connectivity index (χ3n) is 2.20. The molecule has 1 saturated carbocycles. The molecule has 66 valence electrons. The fourth-order valence-electron chi connectivity index (χ4n) is 1.41. The maximum absolute atomic E-state index is 4.27. The van der Waals surface area contributed by atoms with E-state index in [1.54, 1.807) is 0 Å². The Kier molecular flexibility index (Phi) is 3.73. The summed E-state index contributed by atoms with van der Waals surface area (Å²) >= 11 is 4.27. The van der Waals surface area contributed by atoms with Crippen LogP contribution in [-0.4, -0.2) is 30.8 Å². The van der Waals surface area contributed by atoms with E-state index in [0.29, 0.717) is 0 Å². The lowest BCUT2D eigenvalue weighted by Gasteiger charge is -2.19. The minimum absolute atomic E-state index is 0.738. The van der Waals surface area contributed by atoms with Crippen molar-refractivity contribution in [3.63, 3.8) is 0 Å². The molecule has 1 rings (SSSR count). The molecule has 0 amide bonds. The first-order valence-electron chi connectivity index (χ1n) is 4.51. The largest absolute Gasteiger partial charge is 0.306 e. The third kappa shape index (κ3) is 4.02. The van der Waals surface area contributed by atoms with E-state index in [9.17, 15) is 0 Å². The molecule has 0 aliphatic heterocycles. The van der Waals surface area contributed by atoms with Crippen LogP contribution in [0.5, 0.6) is 0 Å². The lowest BCUT2D eigenvalue weighted by molar-refractivity contribution is 0.287. The van der Waals surface area contributed by atoms with E-state index < -0.39 is 0 Å². The summed E-state index contributed by atoms with van der Waals surface area (Å²) in [6.07, 6.45) is 2.92. The highest BCUT2D eigenvalue weighted by Crippen LogP contribution is 2.29. The summed E-state index contributed by atoms with van der Waals surface area (Å²) in [6, 6.07) is 0. The standard InChI is InChI=1S/C9H19NS/c1-8(7-11)5-10(2)6-9-3-4-9/h8-9,11H,3-7H2,1-2H3. The zero-order valence-electron chi connectivity index (χ0n) is 7.58. The van der Waals surface area contributed by atoms with Crippen molar-refractivity contribution in [2.75, 3.05) is 25.9 Å². The van der Waals surface area contributed by atoms with Crippen molar-refractivity contribution >= 4 is 12.6 Å². The second-order valence-electron chi connectivity index (χ2n) is 3.95. The van der Waals surface area contributed by atoms with E-state index in [4.69, 9.17) is 0 Å². The van der Waals surface area contributed by atoms with Gasteiger partial charge in [0.05, 0.1) is 0 Å². The molecule has 1 fully saturated rings. The molecule has 1 aliphatic carbocycles. The van der Waals surface area contributed by atoms with Gasteiger partial charge in [0.1, 0.15) is 0 Å². The Bertz CT molecular complexity index is 112. The lowest BCUT2D eigenvalue weighted by atomic mass is 10.2. The van der Waals surface area contributed by atoms with Crippen LogP contribution in [0.25, 0.3) is 0 Å². The Morgan fingerprint density at radius 2 is 2.18 bits per heavy atom. The molecule has 0 aromatic carbocycles. The average Bonchev–Trinajstić information content (AvgIpc) is 2.71. The van der Waals surface area contributed by atoms with Gasteiger partial charge in [-0.2, -0.15) is 12.6 Å². The van der Waals surface area contributed by atoms with Crippen LogP contribution < -0.4 is 0 Å². The Labute approximate surface area is 75.6 Å². The van der Waals surface area contributed by atoms with Gasteiger partial charge in [-0.15, -0.1) is 0 Å². The Morgan fingerprint density at radius 1 is 1.55 bits per heavy atom. The minimum atomic E-state index is 0.738. The highest BCUT2D eigenvalue weighted by atomic mass is 32.1. The van der Waals surface area contributed by atoms with E-state index in [-0.39, 0.29) is 0 Å². The molecule has 2 heteroatoms. The summed E-state index contributed by atoms with van der Waals surface area (Å²) in [5.41, 5.74) is 0. The quantitative estimate of drug-likeness (QED) is 0.621. The molecule has 1 unspecified atom stereocenters. The van der Waals surface area contributed by atoms with Gasteiger partial charge in [-0.05, 0) is 37.5 Å². The summed E-state index contributed by atoms with van der Waals surface area (Å²) in [4.78, 5) is 2.44. The zero-order chi connectivity index (χ0) is 8.27. The number of rotatable bonds is 5. The van der Waals surface area contributed by atoms with Crippen LogP contribution in [-0.2, 0) is 0 Å². The highest BCUT2D eigenvalue weighted by molar-refractivity contribution is 7.80. The van der Waals surface area contributed by atoms with Crippen molar-refractivity contribution in [1.82, 2.24) is 4.90 Å². The third-order valence-corrected chi connectivity index (χ3v) is 2.83. The monoisotopic (exact) mass is 173 g/mol. The Morgan fingerprint density at radius 3 is 2.64 bits per heavy atom. The summed E-state index contributed by atoms with van der Waals surface area (Å²) in [6.45, 7) is 4.77. The average molecular weight is 173 g/mol. The minimum Gasteiger partial charge on any atom is -0.306 e. The predicted octanol–water partition coefficient (Wildman–Crippen LogP) is 1.89. The second kappa shape index (κ2) is 4.36. The normalized spacial score (nSPS) is 20.7. The smallest absolute Gasteiger partial charge is 0.00119 e. The summed E-state index contributed by atoms with van der Waals surface area (Å²) < 4.78 is 0. The second-order valence-corrected chi connectivity index (χ2v) is 4.32. The molecule has 0 aromatic rings. The molecule has 0 N–H and O–H groups in total. The van der Waals surface area contributed by atoms with Gasteiger partial charge in [0.2, 0.25) is 0 Å². The van der Waals surface area contributed by atoms with Crippen molar-refractivity contribution in [3.8, 4) is 0 Å². The molecular formula is C9H19NS. The molecule has 0 spiro atoms. The molecule has 0 heterocycles. The van der Waals surface area contributed by atoms with Gasteiger partial charge in [0.25, 0.3) is 0 Å². The zero-order valence-corrected chi connectivity index (χ0v) is 8.48. The molecule has 0 aromatic heterocycles. The Hall–Kier alpha value is 0.310. The SMILES string of the molecule is CC(CS)CN(C)CC1CC1. The number of thiol groups is 1. The van der Waals surface area contributed by atoms with Crippen LogP contribution in [0.1, 0.15) is 19.8 Å². The van der Waals surface area contributed by atoms with Gasteiger partial charge in [-0.3, -0.25) is 0 Å². The first-order chi connectivity index (χ1) is 5.22. The maximum Gasteiger partial charge on any atom is 0.00119 e. The van der Waals surface area contributed by atoms with Gasteiger partial charge < -0.3 is 4.90 Å². The van der Waals surface area contributed by atoms with Crippen LogP contribution in [0.2, 0.25) is 0 Å². The first-order valence-corrected chi connectivity index (χ1v) is 5.15. The van der Waals surface area contributed by atoms with Crippen LogP contribution >= 0.6 is 12.6 Å². The fourth-order valence-corrected chi connectivity index (χ4v) is 1.52. The summed E-state index contributed by atoms with van der Waals surface area (Å²) in [7, 11) is 2.22.